The van der Waals surface area contributed by atoms with E-state index < -0.39 is 18.8 Å². The van der Waals surface area contributed by atoms with Crippen LogP contribution in [0.5, 0.6) is 0 Å². The van der Waals surface area contributed by atoms with Crippen molar-refractivity contribution in [3.05, 3.63) is 0 Å². The third kappa shape index (κ3) is 2.17. The molecule has 0 radical (unpaired) electrons. The van der Waals surface area contributed by atoms with Crippen molar-refractivity contribution in [1.29, 1.82) is 0 Å². The Morgan fingerprint density at radius 2 is 2.71 bits per heavy atom. The van der Waals surface area contributed by atoms with Crippen molar-refractivity contribution in [1.82, 2.24) is 0 Å². The molecule has 0 spiro atoms. The Bertz CT molecular complexity index is 133. The fraction of sp³-hybridized carbons (Fsp3) is 0.750. The van der Waals surface area contributed by atoms with Gasteiger partial charge >= 0.3 is 0 Å². The van der Waals surface area contributed by atoms with Gasteiger partial charge in [0.15, 0.2) is 0 Å². The van der Waals surface area contributed by atoms with E-state index in [9.17, 15) is 4.79 Å². The summed E-state index contributed by atoms with van der Waals surface area (Å²) in [5.74, 6) is -0.781. The molecule has 0 rings (SSSR count). The molecule has 0 aromatic carbocycles. The van der Waals surface area contributed by atoms with E-state index in [-0.39, 0.29) is 6.42 Å². The molecule has 0 saturated heterocycles. The first-order chi connectivity index (χ1) is 4.33. The number of rotatable bonds is 2. The quantitative estimate of drug-likeness (QED) is 0.483. The highest BCUT2D eigenvalue weighted by Crippen LogP contribution is 1.80. The molecule has 0 heterocycles. The van der Waals surface area contributed by atoms with E-state index in [1.165, 1.54) is 0 Å². The van der Waals surface area contributed by atoms with Crippen LogP contribution in [-0.2, 0) is 4.79 Å². The highest BCUT2D eigenvalue weighted by Gasteiger charge is 2.02. The van der Waals surface area contributed by atoms with Crippen LogP contribution in [0.15, 0.2) is 0 Å². The molecule has 0 bridgehead atoms. The van der Waals surface area contributed by atoms with Crippen LogP contribution in [0.25, 0.3) is 0 Å². The van der Waals surface area contributed by atoms with Gasteiger partial charge in [-0.15, -0.1) is 0 Å². The lowest BCUT2D eigenvalue weighted by Gasteiger charge is -1.98. The molecule has 0 aliphatic rings. The van der Waals surface area contributed by atoms with Gasteiger partial charge in [0.1, 0.15) is 0 Å². The zero-order valence-electron chi connectivity index (χ0n) is 6.85. The van der Waals surface area contributed by atoms with Crippen LogP contribution in [0, 0.1) is 0 Å². The molecule has 3 heteroatoms. The smallest absolute Gasteiger partial charge is 0.234 e. The van der Waals surface area contributed by atoms with Gasteiger partial charge in [-0.25, -0.2) is 0 Å². The second-order valence-electron chi connectivity index (χ2n) is 1.21. The van der Waals surface area contributed by atoms with Crippen LogP contribution in [0.2, 0.25) is 0 Å². The Morgan fingerprint density at radius 3 is 2.86 bits per heavy atom. The zero-order chi connectivity index (χ0) is 8.36. The van der Waals surface area contributed by atoms with Gasteiger partial charge in [0.2, 0.25) is 5.91 Å². The summed E-state index contributed by atoms with van der Waals surface area (Å²) in [5.41, 5.74) is 9.80. The van der Waals surface area contributed by atoms with Crippen LogP contribution in [0.1, 0.15) is 17.4 Å². The number of carbonyl (C=O) groups is 1. The fourth-order valence-corrected chi connectivity index (χ4v) is 0.101. The summed E-state index contributed by atoms with van der Waals surface area (Å²) in [6, 6.07) is -1.06. The second-order valence-corrected chi connectivity index (χ2v) is 1.21. The third-order valence-corrected chi connectivity index (χ3v) is 0.585. The predicted molar refractivity (Wildman–Crippen MR) is 27.5 cm³/mol. The van der Waals surface area contributed by atoms with Crippen molar-refractivity contribution in [3.63, 3.8) is 0 Å². The lowest BCUT2D eigenvalue weighted by molar-refractivity contribution is -0.119. The average molecular weight is 105 g/mol. The van der Waals surface area contributed by atoms with Gasteiger partial charge in [0.25, 0.3) is 0 Å². The first kappa shape index (κ1) is 2.67. The van der Waals surface area contributed by atoms with Crippen molar-refractivity contribution >= 4 is 5.91 Å². The molecule has 1 atom stereocenters. The van der Waals surface area contributed by atoms with E-state index in [1.54, 1.807) is 0 Å². The maximum absolute atomic E-state index is 10.2. The van der Waals surface area contributed by atoms with Crippen molar-refractivity contribution in [3.8, 4) is 0 Å². The van der Waals surface area contributed by atoms with Crippen molar-refractivity contribution in [2.75, 3.05) is 0 Å². The first-order valence-electron chi connectivity index (χ1n) is 3.38. The predicted octanol–water partition coefficient (Wildman–Crippen LogP) is -0.791. The number of primary amides is 1. The lowest BCUT2D eigenvalue weighted by Crippen LogP contribution is -2.35. The van der Waals surface area contributed by atoms with Crippen LogP contribution in [-0.4, -0.2) is 11.9 Å². The summed E-state index contributed by atoms with van der Waals surface area (Å²) < 4.78 is 20.1. The molecule has 0 unspecified atom stereocenters. The molecule has 0 aromatic rings. The van der Waals surface area contributed by atoms with Crippen molar-refractivity contribution in [2.45, 2.75) is 19.3 Å². The number of hydrogen-bond donors (Lipinski definition) is 2. The maximum atomic E-state index is 10.2. The molecular formula is C4H10N2O. The molecule has 7 heavy (non-hydrogen) atoms. The second kappa shape index (κ2) is 2.58. The number of hydrogen-bond acceptors (Lipinski definition) is 2. The molecule has 4 N–H and O–H groups in total. The summed E-state index contributed by atoms with van der Waals surface area (Å²) >= 11 is 0. The number of carbonyl (C=O) groups excluding carboxylic acids is 1. The molecule has 3 nitrogen and oxygen atoms in total. The van der Waals surface area contributed by atoms with Gasteiger partial charge in [-0.05, 0) is 6.42 Å². The molecular weight excluding hydrogens is 92.1 g/mol. The number of nitrogens with two attached hydrogens (primary N) is 2. The first-order valence-corrected chi connectivity index (χ1v) is 1.88. The molecule has 42 valence electrons. The minimum absolute atomic E-state index is 0.359. The summed E-state index contributed by atoms with van der Waals surface area (Å²) in [6.45, 7) is -2.17. The molecule has 1 amide bonds. The Morgan fingerprint density at radius 1 is 2.14 bits per heavy atom. The highest BCUT2D eigenvalue weighted by molar-refractivity contribution is 5.79. The van der Waals surface area contributed by atoms with E-state index in [0.717, 1.165) is 0 Å². The summed E-state index contributed by atoms with van der Waals surface area (Å²) in [4.78, 5) is 10.2. The van der Waals surface area contributed by atoms with E-state index in [2.05, 4.69) is 0 Å². The third-order valence-electron chi connectivity index (χ3n) is 0.585. The fourth-order valence-electron chi connectivity index (χ4n) is 0.101. The summed E-state index contributed by atoms with van der Waals surface area (Å²) in [6.07, 6.45) is -0.359. The topological polar surface area (TPSA) is 69.1 Å². The summed E-state index contributed by atoms with van der Waals surface area (Å²) in [5, 5.41) is 0. The van der Waals surface area contributed by atoms with E-state index in [0.29, 0.717) is 0 Å². The van der Waals surface area contributed by atoms with E-state index in [4.69, 9.17) is 15.6 Å². The maximum Gasteiger partial charge on any atom is 0.234 e. The van der Waals surface area contributed by atoms with Crippen molar-refractivity contribution < 1.29 is 8.91 Å². The minimum Gasteiger partial charge on any atom is -0.368 e. The van der Waals surface area contributed by atoms with Crippen LogP contribution >= 0.6 is 0 Å². The highest BCUT2D eigenvalue weighted by atomic mass is 16.1. The Balaban J connectivity index is 3.80. The van der Waals surface area contributed by atoms with Crippen molar-refractivity contribution in [2.24, 2.45) is 11.5 Å². The molecule has 0 saturated carbocycles. The monoisotopic (exact) mass is 105 g/mol. The van der Waals surface area contributed by atoms with Crippen LogP contribution in [0.3, 0.4) is 0 Å². The minimum atomic E-state index is -2.17. The SMILES string of the molecule is [2H]C([2H])([2H])C[C@H](N)C(N)=O. The van der Waals surface area contributed by atoms with Gasteiger partial charge in [-0.1, -0.05) is 6.85 Å². The van der Waals surface area contributed by atoms with Gasteiger partial charge in [-0.3, -0.25) is 4.79 Å². The molecule has 0 fully saturated rings. The Kier molecular flexibility index (Phi) is 0.982. The van der Waals surface area contributed by atoms with Gasteiger partial charge < -0.3 is 11.5 Å². The van der Waals surface area contributed by atoms with Gasteiger partial charge in [0.05, 0.1) is 6.04 Å². The van der Waals surface area contributed by atoms with Gasteiger partial charge in [-0.2, -0.15) is 0 Å². The molecule has 0 aromatic heterocycles. The largest absolute Gasteiger partial charge is 0.368 e. The van der Waals surface area contributed by atoms with E-state index >= 15 is 0 Å². The van der Waals surface area contributed by atoms with Crippen LogP contribution in [0.4, 0.5) is 0 Å². The average Bonchev–Trinajstić information content (AvgIpc) is 1.60. The zero-order valence-corrected chi connectivity index (χ0v) is 3.85. The van der Waals surface area contributed by atoms with Crippen LogP contribution < -0.4 is 11.5 Å². The normalized spacial score (nSPS) is 21.6. The number of amides is 1. The Hall–Kier alpha value is -0.570. The summed E-state index contributed by atoms with van der Waals surface area (Å²) in [7, 11) is 0. The Labute approximate surface area is 46.9 Å². The lowest BCUT2D eigenvalue weighted by atomic mass is 10.2. The molecule has 0 aliphatic heterocycles. The van der Waals surface area contributed by atoms with E-state index in [1.807, 2.05) is 0 Å². The van der Waals surface area contributed by atoms with Gasteiger partial charge in [0, 0.05) is 4.11 Å². The molecule has 0 aliphatic carbocycles. The standard InChI is InChI=1S/C4H10N2O/c1-2-3(5)4(6)7/h3H,2,5H2,1H3,(H2,6,7)/t3-/m0/s1/i1D3.